The summed E-state index contributed by atoms with van der Waals surface area (Å²) in [6.07, 6.45) is 5.50. The van der Waals surface area contributed by atoms with Crippen molar-refractivity contribution in [2.75, 3.05) is 13.4 Å². The number of carbonyl (C=O) groups is 1. The minimum atomic E-state index is -1.55. The summed E-state index contributed by atoms with van der Waals surface area (Å²) >= 11 is 0. The van der Waals surface area contributed by atoms with Crippen molar-refractivity contribution in [1.29, 1.82) is 0 Å². The van der Waals surface area contributed by atoms with Crippen LogP contribution in [0.4, 0.5) is 5.69 Å². The van der Waals surface area contributed by atoms with Gasteiger partial charge in [0.25, 0.3) is 17.2 Å². The summed E-state index contributed by atoms with van der Waals surface area (Å²) < 4.78 is 17.9. The molecule has 3 N–H and O–H groups in total. The van der Waals surface area contributed by atoms with Gasteiger partial charge in [-0.25, -0.2) is 10.3 Å². The lowest BCUT2D eigenvalue weighted by Crippen LogP contribution is -2.49. The number of hydrogen-bond acceptors (Lipinski definition) is 10. The van der Waals surface area contributed by atoms with Gasteiger partial charge < -0.3 is 15.1 Å². The Morgan fingerprint density at radius 1 is 1.10 bits per heavy atom. The summed E-state index contributed by atoms with van der Waals surface area (Å²) in [5.74, 6) is 5.04. The van der Waals surface area contributed by atoms with Gasteiger partial charge >= 0.3 is 0 Å². The Kier molecular flexibility index (Phi) is 19.2. The number of non-ortho nitro benzene ring substituents is 1. The molecule has 0 aliphatic carbocycles. The molecule has 3 aromatic rings. The fourth-order valence-electron chi connectivity index (χ4n) is 4.26. The van der Waals surface area contributed by atoms with Crippen LogP contribution in [0.25, 0.3) is 11.1 Å². The predicted octanol–water partition coefficient (Wildman–Crippen LogP) is 5.76. The molecule has 13 nitrogen and oxygen atoms in total. The third-order valence-corrected chi connectivity index (χ3v) is 8.96. The molecule has 0 aliphatic heterocycles. The van der Waals surface area contributed by atoms with Crippen LogP contribution in [0.3, 0.4) is 0 Å². The van der Waals surface area contributed by atoms with Crippen LogP contribution in [-0.4, -0.2) is 55.9 Å². The Labute approximate surface area is 291 Å². The van der Waals surface area contributed by atoms with E-state index < -0.39 is 32.7 Å². The minimum absolute atomic E-state index is 0.0101. The monoisotopic (exact) mass is 698 g/mol. The van der Waals surface area contributed by atoms with E-state index in [-0.39, 0.29) is 24.2 Å². The lowest BCUT2D eigenvalue weighted by molar-refractivity contribution is -0.384. The zero-order chi connectivity index (χ0) is 37.0. The number of methoxy groups -OCH3 is 1. The number of hydrogen-bond donors (Lipinski definition) is 2. The number of aromatic nitrogens is 1. The standard InChI is InChI=1S/C31H38N6O7S.2C2H6/c1-5-6-29(43-3)44-35-30(39)31(2,45(4)42)16-18-36-17-15-25(19-28(36)38)23-9-11-24(12-10-23)27(34-32)21-33-20-22-7-13-26(14-8-22)37(40)41;2*1-2/h7-15,17,19,21,29H,5-6,16,18,20,32H2,1-4H3,(H,35,39);2*1-2H3/b33-21?,34-27+;;. The number of nitro benzene ring substituents is 1. The first-order chi connectivity index (χ1) is 23.5. The number of benzene rings is 2. The van der Waals surface area contributed by atoms with Gasteiger partial charge in [0, 0.05) is 73.3 Å². The van der Waals surface area contributed by atoms with Gasteiger partial charge in [0.1, 0.15) is 10.5 Å². The van der Waals surface area contributed by atoms with E-state index in [1.165, 1.54) is 42.3 Å². The van der Waals surface area contributed by atoms with E-state index in [9.17, 15) is 23.9 Å². The molecule has 0 aliphatic rings. The molecule has 0 radical (unpaired) electrons. The van der Waals surface area contributed by atoms with Gasteiger partial charge in [0.2, 0.25) is 0 Å². The number of pyridine rings is 1. The van der Waals surface area contributed by atoms with Crippen LogP contribution in [0.5, 0.6) is 0 Å². The highest BCUT2D eigenvalue weighted by Gasteiger charge is 2.38. The van der Waals surface area contributed by atoms with E-state index in [0.29, 0.717) is 29.8 Å². The lowest BCUT2D eigenvalue weighted by Gasteiger charge is -2.27. The molecule has 3 rings (SSSR count). The van der Waals surface area contributed by atoms with Crippen molar-refractivity contribution >= 4 is 34.3 Å². The third-order valence-electron chi connectivity index (χ3n) is 7.30. The van der Waals surface area contributed by atoms with Gasteiger partial charge in [-0.15, -0.1) is 0 Å². The summed E-state index contributed by atoms with van der Waals surface area (Å²) in [6.45, 7) is 12.0. The first kappa shape index (κ1) is 42.5. The van der Waals surface area contributed by atoms with Crippen molar-refractivity contribution in [3.63, 3.8) is 0 Å². The Morgan fingerprint density at radius 3 is 2.24 bits per heavy atom. The molecule has 0 saturated carbocycles. The minimum Gasteiger partial charge on any atom is -0.354 e. The third kappa shape index (κ3) is 12.8. The molecule has 0 saturated heterocycles. The highest BCUT2D eigenvalue weighted by Crippen LogP contribution is 2.21. The molecule has 1 aromatic heterocycles. The number of carbonyl (C=O) groups excluding carboxylic acids is 1. The van der Waals surface area contributed by atoms with Gasteiger partial charge in [-0.3, -0.25) is 28.9 Å². The molecule has 0 spiro atoms. The number of nitrogens with zero attached hydrogens (tertiary/aromatic N) is 4. The molecule has 3 unspecified atom stereocenters. The Bertz CT molecular complexity index is 1610. The fourth-order valence-corrected chi connectivity index (χ4v) is 4.94. The first-order valence-corrected chi connectivity index (χ1v) is 17.7. The normalized spacial score (nSPS) is 13.6. The highest BCUT2D eigenvalue weighted by molar-refractivity contribution is 7.86. The van der Waals surface area contributed by atoms with Crippen molar-refractivity contribution in [2.45, 2.75) is 84.9 Å². The van der Waals surface area contributed by atoms with E-state index in [2.05, 4.69) is 15.6 Å². The van der Waals surface area contributed by atoms with Crippen molar-refractivity contribution in [1.82, 2.24) is 10.0 Å². The van der Waals surface area contributed by atoms with Crippen molar-refractivity contribution in [2.24, 2.45) is 15.9 Å². The van der Waals surface area contributed by atoms with Crippen LogP contribution < -0.4 is 16.9 Å². The average molecular weight is 699 g/mol. The Morgan fingerprint density at radius 2 is 1.73 bits per heavy atom. The van der Waals surface area contributed by atoms with Crippen LogP contribution >= 0.6 is 0 Å². The summed E-state index contributed by atoms with van der Waals surface area (Å²) in [5.41, 5.74) is 5.53. The van der Waals surface area contributed by atoms with E-state index in [0.717, 1.165) is 17.5 Å². The van der Waals surface area contributed by atoms with E-state index in [1.807, 2.05) is 58.9 Å². The van der Waals surface area contributed by atoms with Gasteiger partial charge in [-0.05, 0) is 36.1 Å². The summed E-state index contributed by atoms with van der Waals surface area (Å²) in [4.78, 5) is 45.9. The maximum atomic E-state index is 13.0. The van der Waals surface area contributed by atoms with Gasteiger partial charge in [-0.1, -0.05) is 77.4 Å². The van der Waals surface area contributed by atoms with Gasteiger partial charge in [0.05, 0.1) is 11.5 Å². The topological polar surface area (TPSA) is 181 Å². The molecular weight excluding hydrogens is 648 g/mol. The van der Waals surface area contributed by atoms with Gasteiger partial charge in [0.15, 0.2) is 6.29 Å². The zero-order valence-electron chi connectivity index (χ0n) is 29.7. The Hall–Kier alpha value is -4.53. The number of hydrazone groups is 1. The van der Waals surface area contributed by atoms with Crippen LogP contribution in [0.1, 0.15) is 71.9 Å². The number of hydroxylamine groups is 1. The molecule has 3 atom stereocenters. The molecule has 0 fully saturated rings. The summed E-state index contributed by atoms with van der Waals surface area (Å²) in [6, 6.07) is 16.7. The van der Waals surface area contributed by atoms with Crippen LogP contribution in [0.2, 0.25) is 0 Å². The number of ether oxygens (including phenoxy) is 1. The molecule has 1 amide bonds. The fraction of sp³-hybridized carbons (Fsp3) is 0.429. The van der Waals surface area contributed by atoms with E-state index in [4.69, 9.17) is 15.4 Å². The number of nitrogens with two attached hydrogens (primary N) is 1. The number of aryl methyl sites for hydroxylation is 1. The molecule has 1 heterocycles. The second kappa shape index (κ2) is 22.2. The SMILES string of the molecule is CC.CC.CCCC(OC)ONC(=O)C(C)(CCn1ccc(-c2ccc(/C(C=NCc3ccc([N+](=O)[O-])cc3)=N/N)cc2)cc1=O)S(C)=O. The van der Waals surface area contributed by atoms with Crippen LogP contribution in [0.15, 0.2) is 81.7 Å². The maximum Gasteiger partial charge on any atom is 0.269 e. The molecular formula is C35H50N6O7S. The molecule has 0 bridgehead atoms. The van der Waals surface area contributed by atoms with E-state index >= 15 is 0 Å². The number of nitrogens with one attached hydrogen (secondary N) is 1. The van der Waals surface area contributed by atoms with Crippen LogP contribution in [-0.2, 0) is 38.3 Å². The van der Waals surface area contributed by atoms with Crippen molar-refractivity contribution in [3.05, 3.63) is 98.5 Å². The molecule has 14 heteroatoms. The van der Waals surface area contributed by atoms with Gasteiger partial charge in [-0.2, -0.15) is 5.10 Å². The number of aliphatic imine (C=N–C) groups is 1. The van der Waals surface area contributed by atoms with Crippen molar-refractivity contribution < 1.29 is 23.5 Å². The maximum absolute atomic E-state index is 13.0. The molecule has 2 aromatic carbocycles. The quantitative estimate of drug-likeness (QED) is 0.0623. The zero-order valence-corrected chi connectivity index (χ0v) is 30.5. The van der Waals surface area contributed by atoms with E-state index in [1.54, 1.807) is 31.3 Å². The molecule has 268 valence electrons. The molecule has 49 heavy (non-hydrogen) atoms. The summed E-state index contributed by atoms with van der Waals surface area (Å²) in [5, 5.41) is 14.6. The second-order valence-corrected chi connectivity index (χ2v) is 12.2. The lowest BCUT2D eigenvalue weighted by atomic mass is 10.0. The summed E-state index contributed by atoms with van der Waals surface area (Å²) in [7, 11) is -0.0783. The smallest absolute Gasteiger partial charge is 0.269 e. The number of nitro groups is 1. The number of rotatable bonds is 16. The van der Waals surface area contributed by atoms with Crippen LogP contribution in [0, 0.1) is 10.1 Å². The number of amides is 1. The first-order valence-electron chi connectivity index (χ1n) is 16.2. The highest BCUT2D eigenvalue weighted by atomic mass is 32.2. The largest absolute Gasteiger partial charge is 0.354 e. The predicted molar refractivity (Wildman–Crippen MR) is 197 cm³/mol. The average Bonchev–Trinajstić information content (AvgIpc) is 3.13. The second-order valence-electron chi connectivity index (χ2n) is 10.4. The Balaban J connectivity index is 0.00000289. The van der Waals surface area contributed by atoms with Crippen molar-refractivity contribution in [3.8, 4) is 11.1 Å².